The van der Waals surface area contributed by atoms with Crippen molar-refractivity contribution < 1.29 is 10.2 Å². The van der Waals surface area contributed by atoms with Gasteiger partial charge in [0.25, 0.3) is 0 Å². The summed E-state index contributed by atoms with van der Waals surface area (Å²) in [7, 11) is 0. The third-order valence-corrected chi connectivity index (χ3v) is 2.08. The molecule has 1 aromatic rings. The average molecular weight is 181 g/mol. The van der Waals surface area contributed by atoms with Crippen molar-refractivity contribution in [1.29, 1.82) is 0 Å². The highest BCUT2D eigenvalue weighted by Crippen LogP contribution is 2.33. The number of nitrogens with two attached hydrogens (primary N) is 1. The molecule has 1 aromatic carbocycles. The third kappa shape index (κ3) is 1.92. The van der Waals surface area contributed by atoms with Crippen LogP contribution in [0.4, 0.5) is 0 Å². The van der Waals surface area contributed by atoms with Gasteiger partial charge in [-0.25, -0.2) is 0 Å². The minimum atomic E-state index is -0.266. The number of phenols is 2. The molecule has 72 valence electrons. The Bertz CT molecular complexity index is 308. The van der Waals surface area contributed by atoms with Crippen LogP contribution in [0.2, 0.25) is 0 Å². The molecule has 0 aliphatic rings. The van der Waals surface area contributed by atoms with Crippen LogP contribution in [0.1, 0.15) is 31.0 Å². The Labute approximate surface area is 77.8 Å². The van der Waals surface area contributed by atoms with Gasteiger partial charge in [0.2, 0.25) is 0 Å². The summed E-state index contributed by atoms with van der Waals surface area (Å²) in [6.45, 7) is 3.75. The first-order chi connectivity index (χ1) is 6.06. The van der Waals surface area contributed by atoms with Crippen molar-refractivity contribution in [3.05, 3.63) is 23.3 Å². The summed E-state index contributed by atoms with van der Waals surface area (Å²) in [5, 5.41) is 18.8. The molecule has 0 bridgehead atoms. The molecule has 0 saturated heterocycles. The van der Waals surface area contributed by atoms with E-state index in [2.05, 4.69) is 0 Å². The molecule has 13 heavy (non-hydrogen) atoms. The zero-order valence-corrected chi connectivity index (χ0v) is 7.91. The molecule has 0 fully saturated rings. The highest BCUT2D eigenvalue weighted by atomic mass is 16.3. The van der Waals surface area contributed by atoms with E-state index in [4.69, 9.17) is 5.73 Å². The second-order valence-electron chi connectivity index (χ2n) is 3.20. The summed E-state index contributed by atoms with van der Waals surface area (Å²) in [6, 6.07) is 3.11. The quantitative estimate of drug-likeness (QED) is 0.608. The Morgan fingerprint density at radius 2 is 2.00 bits per heavy atom. The van der Waals surface area contributed by atoms with Gasteiger partial charge in [0.05, 0.1) is 0 Å². The van der Waals surface area contributed by atoms with Gasteiger partial charge in [-0.15, -0.1) is 0 Å². The number of benzene rings is 1. The molecule has 0 aliphatic carbocycles. The van der Waals surface area contributed by atoms with Crippen LogP contribution < -0.4 is 5.73 Å². The Morgan fingerprint density at radius 3 is 2.46 bits per heavy atom. The van der Waals surface area contributed by atoms with Crippen LogP contribution in [-0.4, -0.2) is 10.2 Å². The van der Waals surface area contributed by atoms with Gasteiger partial charge >= 0.3 is 0 Å². The highest BCUT2D eigenvalue weighted by Gasteiger charge is 2.11. The molecule has 0 aliphatic heterocycles. The van der Waals surface area contributed by atoms with Crippen molar-refractivity contribution in [2.45, 2.75) is 26.3 Å². The van der Waals surface area contributed by atoms with E-state index in [1.54, 1.807) is 13.0 Å². The second-order valence-corrected chi connectivity index (χ2v) is 3.20. The molecule has 4 N–H and O–H groups in total. The van der Waals surface area contributed by atoms with Crippen LogP contribution >= 0.6 is 0 Å². The van der Waals surface area contributed by atoms with E-state index in [1.165, 1.54) is 0 Å². The molecule has 1 atom stereocenters. The van der Waals surface area contributed by atoms with Gasteiger partial charge < -0.3 is 15.9 Å². The number of hydrogen-bond acceptors (Lipinski definition) is 3. The summed E-state index contributed by atoms with van der Waals surface area (Å²) in [6.07, 6.45) is 0.813. The monoisotopic (exact) mass is 181 g/mol. The molecular weight excluding hydrogens is 166 g/mol. The fourth-order valence-electron chi connectivity index (χ4n) is 1.25. The number of aromatic hydroxyl groups is 2. The average Bonchev–Trinajstić information content (AvgIpc) is 2.09. The maximum Gasteiger partial charge on any atom is 0.162 e. The van der Waals surface area contributed by atoms with Gasteiger partial charge in [0.15, 0.2) is 11.5 Å². The Kier molecular flexibility index (Phi) is 2.78. The predicted molar refractivity (Wildman–Crippen MR) is 51.8 cm³/mol. The van der Waals surface area contributed by atoms with Crippen LogP contribution in [0.3, 0.4) is 0 Å². The SMILES string of the molecule is CCc1cc(O)c(O)c(C(C)N)c1. The van der Waals surface area contributed by atoms with E-state index < -0.39 is 0 Å². The van der Waals surface area contributed by atoms with Gasteiger partial charge in [-0.05, 0) is 25.0 Å². The van der Waals surface area contributed by atoms with E-state index in [-0.39, 0.29) is 17.5 Å². The topological polar surface area (TPSA) is 66.5 Å². The van der Waals surface area contributed by atoms with Crippen LogP contribution in [0.5, 0.6) is 11.5 Å². The minimum absolute atomic E-state index is 0.0911. The fraction of sp³-hybridized carbons (Fsp3) is 0.400. The highest BCUT2D eigenvalue weighted by molar-refractivity contribution is 5.48. The number of phenolic OH excluding ortho intramolecular Hbond substituents is 2. The predicted octanol–water partition coefficient (Wildman–Crippen LogP) is 1.68. The van der Waals surface area contributed by atoms with E-state index in [0.717, 1.165) is 12.0 Å². The van der Waals surface area contributed by atoms with Crippen molar-refractivity contribution >= 4 is 0 Å². The summed E-state index contributed by atoms with van der Waals surface area (Å²) in [5.74, 6) is -0.196. The van der Waals surface area contributed by atoms with Crippen molar-refractivity contribution in [3.8, 4) is 11.5 Å². The van der Waals surface area contributed by atoms with Crippen LogP contribution in [0.25, 0.3) is 0 Å². The molecule has 3 heteroatoms. The van der Waals surface area contributed by atoms with Gasteiger partial charge in [-0.1, -0.05) is 13.0 Å². The van der Waals surface area contributed by atoms with Crippen molar-refractivity contribution in [2.24, 2.45) is 5.73 Å². The number of rotatable bonds is 2. The van der Waals surface area contributed by atoms with E-state index in [0.29, 0.717) is 5.56 Å². The summed E-state index contributed by atoms with van der Waals surface area (Å²) in [5.41, 5.74) is 7.20. The van der Waals surface area contributed by atoms with Crippen LogP contribution in [-0.2, 0) is 6.42 Å². The Morgan fingerprint density at radius 1 is 1.38 bits per heavy atom. The van der Waals surface area contributed by atoms with Crippen molar-refractivity contribution in [3.63, 3.8) is 0 Å². The third-order valence-electron chi connectivity index (χ3n) is 2.08. The molecule has 0 spiro atoms. The lowest BCUT2D eigenvalue weighted by atomic mass is 10.0. The first kappa shape index (κ1) is 9.86. The van der Waals surface area contributed by atoms with Crippen molar-refractivity contribution in [2.75, 3.05) is 0 Å². The maximum atomic E-state index is 9.46. The van der Waals surface area contributed by atoms with E-state index in [1.807, 2.05) is 13.0 Å². The Balaban J connectivity index is 3.25. The standard InChI is InChI=1S/C10H15NO2/c1-3-7-4-8(6(2)11)10(13)9(12)5-7/h4-6,12-13H,3,11H2,1-2H3. The lowest BCUT2D eigenvalue weighted by Crippen LogP contribution is -2.05. The summed E-state index contributed by atoms with van der Waals surface area (Å²) in [4.78, 5) is 0. The summed E-state index contributed by atoms with van der Waals surface area (Å²) >= 11 is 0. The fourth-order valence-corrected chi connectivity index (χ4v) is 1.25. The van der Waals surface area contributed by atoms with Gasteiger partial charge in [0, 0.05) is 11.6 Å². The normalized spacial score (nSPS) is 12.8. The molecule has 0 saturated carbocycles. The molecule has 0 aromatic heterocycles. The zero-order valence-electron chi connectivity index (χ0n) is 7.91. The first-order valence-corrected chi connectivity index (χ1v) is 4.36. The second kappa shape index (κ2) is 3.66. The molecule has 3 nitrogen and oxygen atoms in total. The Hall–Kier alpha value is -1.22. The zero-order chi connectivity index (χ0) is 10.0. The van der Waals surface area contributed by atoms with Crippen molar-refractivity contribution in [1.82, 2.24) is 0 Å². The largest absolute Gasteiger partial charge is 0.504 e. The molecular formula is C10H15NO2. The number of aryl methyl sites for hydroxylation is 1. The van der Waals surface area contributed by atoms with Crippen LogP contribution in [0, 0.1) is 0 Å². The molecule has 0 radical (unpaired) electrons. The molecule has 1 rings (SSSR count). The number of hydrogen-bond donors (Lipinski definition) is 3. The molecule has 1 unspecified atom stereocenters. The van der Waals surface area contributed by atoms with E-state index in [9.17, 15) is 10.2 Å². The van der Waals surface area contributed by atoms with Gasteiger partial charge in [-0.2, -0.15) is 0 Å². The smallest absolute Gasteiger partial charge is 0.162 e. The van der Waals surface area contributed by atoms with Gasteiger partial charge in [0.1, 0.15) is 0 Å². The lowest BCUT2D eigenvalue weighted by molar-refractivity contribution is 0.396. The first-order valence-electron chi connectivity index (χ1n) is 4.36. The van der Waals surface area contributed by atoms with Gasteiger partial charge in [-0.3, -0.25) is 0 Å². The van der Waals surface area contributed by atoms with E-state index >= 15 is 0 Å². The summed E-state index contributed by atoms with van der Waals surface area (Å²) < 4.78 is 0. The molecule has 0 heterocycles. The lowest BCUT2D eigenvalue weighted by Gasteiger charge is -2.11. The van der Waals surface area contributed by atoms with Crippen LogP contribution in [0.15, 0.2) is 12.1 Å². The molecule has 0 amide bonds. The maximum absolute atomic E-state index is 9.46. The minimum Gasteiger partial charge on any atom is -0.504 e.